The Morgan fingerprint density at radius 1 is 1.19 bits per heavy atom. The Morgan fingerprint density at radius 2 is 1.81 bits per heavy atom. The summed E-state index contributed by atoms with van der Waals surface area (Å²) in [5.41, 5.74) is 2.82. The molecule has 0 bridgehead atoms. The SMILES string of the molecule is CCc1ccc(C(NC)C(C)N(C)CC2CCCC2)cc1. The van der Waals surface area contributed by atoms with Crippen molar-refractivity contribution in [1.29, 1.82) is 0 Å². The zero-order valence-corrected chi connectivity index (χ0v) is 14.2. The number of nitrogens with one attached hydrogen (secondary N) is 1. The summed E-state index contributed by atoms with van der Waals surface area (Å²) < 4.78 is 0. The fourth-order valence-corrected chi connectivity index (χ4v) is 3.67. The zero-order chi connectivity index (χ0) is 15.2. The zero-order valence-electron chi connectivity index (χ0n) is 14.2. The van der Waals surface area contributed by atoms with Crippen molar-refractivity contribution in [2.45, 2.75) is 58.0 Å². The molecule has 118 valence electrons. The molecule has 1 saturated carbocycles. The summed E-state index contributed by atoms with van der Waals surface area (Å²) in [6.45, 7) is 5.80. The summed E-state index contributed by atoms with van der Waals surface area (Å²) in [5, 5.41) is 3.52. The maximum absolute atomic E-state index is 3.52. The summed E-state index contributed by atoms with van der Waals surface area (Å²) in [7, 11) is 4.37. The standard InChI is InChI=1S/C19H32N2/c1-5-16-10-12-18(13-11-16)19(20-3)15(2)21(4)14-17-8-6-7-9-17/h10-13,15,17,19-20H,5-9,14H2,1-4H3. The van der Waals surface area contributed by atoms with Crippen molar-refractivity contribution in [1.82, 2.24) is 10.2 Å². The summed E-state index contributed by atoms with van der Waals surface area (Å²) >= 11 is 0. The molecule has 0 aromatic heterocycles. The Morgan fingerprint density at radius 3 is 2.33 bits per heavy atom. The van der Waals surface area contributed by atoms with Crippen LogP contribution in [0.25, 0.3) is 0 Å². The predicted molar refractivity (Wildman–Crippen MR) is 91.7 cm³/mol. The Labute approximate surface area is 130 Å². The molecule has 1 aromatic carbocycles. The van der Waals surface area contributed by atoms with Gasteiger partial charge in [-0.25, -0.2) is 0 Å². The van der Waals surface area contributed by atoms with Gasteiger partial charge in [-0.05, 0) is 57.3 Å². The number of hydrogen-bond acceptors (Lipinski definition) is 2. The van der Waals surface area contributed by atoms with Gasteiger partial charge < -0.3 is 10.2 Å². The molecule has 0 aliphatic heterocycles. The lowest BCUT2D eigenvalue weighted by atomic mass is 9.97. The monoisotopic (exact) mass is 288 g/mol. The van der Waals surface area contributed by atoms with Gasteiger partial charge in [0.05, 0.1) is 0 Å². The smallest absolute Gasteiger partial charge is 0.0472 e. The highest BCUT2D eigenvalue weighted by Gasteiger charge is 2.24. The highest BCUT2D eigenvalue weighted by molar-refractivity contribution is 5.26. The molecule has 21 heavy (non-hydrogen) atoms. The van der Waals surface area contributed by atoms with Gasteiger partial charge in [-0.15, -0.1) is 0 Å². The predicted octanol–water partition coefficient (Wildman–Crippen LogP) is 4.02. The van der Waals surface area contributed by atoms with Crippen LogP contribution in [0.2, 0.25) is 0 Å². The van der Waals surface area contributed by atoms with Crippen molar-refractivity contribution in [3.63, 3.8) is 0 Å². The lowest BCUT2D eigenvalue weighted by Gasteiger charge is -2.33. The minimum Gasteiger partial charge on any atom is -0.312 e. The van der Waals surface area contributed by atoms with E-state index in [1.165, 1.54) is 43.4 Å². The first-order valence-electron chi connectivity index (χ1n) is 8.62. The Balaban J connectivity index is 2.00. The highest BCUT2D eigenvalue weighted by atomic mass is 15.2. The van der Waals surface area contributed by atoms with Crippen molar-refractivity contribution in [3.8, 4) is 0 Å². The van der Waals surface area contributed by atoms with E-state index in [-0.39, 0.29) is 0 Å². The van der Waals surface area contributed by atoms with E-state index in [0.717, 1.165) is 12.3 Å². The lowest BCUT2D eigenvalue weighted by molar-refractivity contribution is 0.183. The maximum Gasteiger partial charge on any atom is 0.0472 e. The summed E-state index contributed by atoms with van der Waals surface area (Å²) in [5.74, 6) is 0.914. The molecule has 2 nitrogen and oxygen atoms in total. The van der Waals surface area contributed by atoms with E-state index in [1.54, 1.807) is 0 Å². The Kier molecular flexibility index (Phi) is 6.25. The number of likely N-dealkylation sites (N-methyl/N-ethyl adjacent to an activating group) is 2. The molecule has 1 fully saturated rings. The average Bonchev–Trinajstić information content (AvgIpc) is 3.01. The molecule has 2 unspecified atom stereocenters. The number of benzene rings is 1. The van der Waals surface area contributed by atoms with E-state index in [0.29, 0.717) is 12.1 Å². The molecule has 0 amide bonds. The molecule has 0 saturated heterocycles. The molecule has 0 radical (unpaired) electrons. The van der Waals surface area contributed by atoms with Gasteiger partial charge in [0.25, 0.3) is 0 Å². The maximum atomic E-state index is 3.52. The summed E-state index contributed by atoms with van der Waals surface area (Å²) in [6.07, 6.45) is 6.82. The third-order valence-corrected chi connectivity index (χ3v) is 5.26. The van der Waals surface area contributed by atoms with Crippen LogP contribution < -0.4 is 5.32 Å². The minimum atomic E-state index is 0.405. The van der Waals surface area contributed by atoms with Gasteiger partial charge in [-0.3, -0.25) is 0 Å². The van der Waals surface area contributed by atoms with Crippen LogP contribution >= 0.6 is 0 Å². The van der Waals surface area contributed by atoms with Gasteiger partial charge in [0.1, 0.15) is 0 Å². The molecular formula is C19H32N2. The van der Waals surface area contributed by atoms with E-state index >= 15 is 0 Å². The number of aryl methyl sites for hydroxylation is 1. The summed E-state index contributed by atoms with van der Waals surface area (Å²) in [6, 6.07) is 10.0. The molecule has 2 heteroatoms. The van der Waals surface area contributed by atoms with Crippen LogP contribution in [-0.4, -0.2) is 31.6 Å². The van der Waals surface area contributed by atoms with E-state index < -0.39 is 0 Å². The van der Waals surface area contributed by atoms with Crippen molar-refractivity contribution in [2.24, 2.45) is 5.92 Å². The molecular weight excluding hydrogens is 256 g/mol. The Hall–Kier alpha value is -0.860. The third kappa shape index (κ3) is 4.31. The number of nitrogens with zero attached hydrogens (tertiary/aromatic N) is 1. The first-order chi connectivity index (χ1) is 10.2. The quantitative estimate of drug-likeness (QED) is 0.815. The van der Waals surface area contributed by atoms with Crippen molar-refractivity contribution in [3.05, 3.63) is 35.4 Å². The van der Waals surface area contributed by atoms with Crippen LogP contribution in [0.4, 0.5) is 0 Å². The van der Waals surface area contributed by atoms with Crippen LogP contribution in [0.3, 0.4) is 0 Å². The van der Waals surface area contributed by atoms with E-state index in [9.17, 15) is 0 Å². The largest absolute Gasteiger partial charge is 0.312 e. The van der Waals surface area contributed by atoms with Crippen molar-refractivity contribution >= 4 is 0 Å². The molecule has 1 N–H and O–H groups in total. The lowest BCUT2D eigenvalue weighted by Crippen LogP contribution is -2.41. The van der Waals surface area contributed by atoms with Gasteiger partial charge in [-0.2, -0.15) is 0 Å². The third-order valence-electron chi connectivity index (χ3n) is 5.26. The fourth-order valence-electron chi connectivity index (χ4n) is 3.67. The van der Waals surface area contributed by atoms with Gasteiger partial charge in [0.15, 0.2) is 0 Å². The second-order valence-electron chi connectivity index (χ2n) is 6.69. The molecule has 0 heterocycles. The van der Waals surface area contributed by atoms with Gasteiger partial charge in [0.2, 0.25) is 0 Å². The van der Waals surface area contributed by atoms with Crippen LogP contribution in [-0.2, 0) is 6.42 Å². The van der Waals surface area contributed by atoms with Crippen molar-refractivity contribution in [2.75, 3.05) is 20.6 Å². The molecule has 2 rings (SSSR count). The second-order valence-corrected chi connectivity index (χ2v) is 6.69. The molecule has 0 spiro atoms. The van der Waals surface area contributed by atoms with Gasteiger partial charge >= 0.3 is 0 Å². The van der Waals surface area contributed by atoms with Crippen LogP contribution in [0.1, 0.15) is 56.7 Å². The molecule has 1 aromatic rings. The normalized spacial score (nSPS) is 19.1. The van der Waals surface area contributed by atoms with Crippen LogP contribution in [0.5, 0.6) is 0 Å². The minimum absolute atomic E-state index is 0.405. The topological polar surface area (TPSA) is 15.3 Å². The fraction of sp³-hybridized carbons (Fsp3) is 0.684. The Bertz CT molecular complexity index is 406. The number of hydrogen-bond donors (Lipinski definition) is 1. The van der Waals surface area contributed by atoms with E-state index in [1.807, 2.05) is 0 Å². The van der Waals surface area contributed by atoms with Crippen molar-refractivity contribution < 1.29 is 0 Å². The molecule has 1 aliphatic carbocycles. The summed E-state index contributed by atoms with van der Waals surface area (Å²) in [4.78, 5) is 2.55. The molecule has 2 atom stereocenters. The van der Waals surface area contributed by atoms with E-state index in [4.69, 9.17) is 0 Å². The van der Waals surface area contributed by atoms with Gasteiger partial charge in [0, 0.05) is 18.6 Å². The first-order valence-corrected chi connectivity index (χ1v) is 8.62. The first kappa shape index (κ1) is 16.5. The van der Waals surface area contributed by atoms with Crippen LogP contribution in [0, 0.1) is 5.92 Å². The highest BCUT2D eigenvalue weighted by Crippen LogP contribution is 2.27. The van der Waals surface area contributed by atoms with Crippen LogP contribution in [0.15, 0.2) is 24.3 Å². The average molecular weight is 288 g/mol. The van der Waals surface area contributed by atoms with E-state index in [2.05, 4.69) is 62.4 Å². The second kappa shape index (κ2) is 7.95. The molecule has 1 aliphatic rings. The number of rotatable bonds is 7. The van der Waals surface area contributed by atoms with Gasteiger partial charge in [-0.1, -0.05) is 44.0 Å².